The van der Waals surface area contributed by atoms with Crippen LogP contribution in [0.15, 0.2) is 24.5 Å². The number of hydrogen-bond donors (Lipinski definition) is 0. The first-order valence-corrected chi connectivity index (χ1v) is 5.92. The molecule has 0 amide bonds. The fourth-order valence-electron chi connectivity index (χ4n) is 1.57. The van der Waals surface area contributed by atoms with Gasteiger partial charge in [0, 0.05) is 12.6 Å². The monoisotopic (exact) mass is 261 g/mol. The summed E-state index contributed by atoms with van der Waals surface area (Å²) < 4.78 is 12.9. The number of aromatic nitrogens is 3. The number of carbonyl (C=O) groups is 1. The number of carbonyl (C=O) groups excluding carboxylic acids is 1. The van der Waals surface area contributed by atoms with Crippen LogP contribution in [0.25, 0.3) is 0 Å². The van der Waals surface area contributed by atoms with Crippen LogP contribution in [0.3, 0.4) is 0 Å². The average molecular weight is 261 g/mol. The van der Waals surface area contributed by atoms with Gasteiger partial charge in [0.25, 0.3) is 0 Å². The van der Waals surface area contributed by atoms with Gasteiger partial charge in [-0.15, -0.1) is 10.2 Å². The predicted octanol–water partition coefficient (Wildman–Crippen LogP) is 1.61. The summed E-state index contributed by atoms with van der Waals surface area (Å²) >= 11 is 0. The van der Waals surface area contributed by atoms with E-state index in [1.165, 1.54) is 0 Å². The quantitative estimate of drug-likeness (QED) is 0.739. The van der Waals surface area contributed by atoms with Gasteiger partial charge in [-0.3, -0.25) is 4.79 Å². The summed E-state index contributed by atoms with van der Waals surface area (Å²) in [7, 11) is 1.84. The minimum absolute atomic E-state index is 0.289. The Morgan fingerprint density at radius 1 is 1.32 bits per heavy atom. The van der Waals surface area contributed by atoms with E-state index >= 15 is 0 Å². The molecule has 0 fully saturated rings. The van der Waals surface area contributed by atoms with Gasteiger partial charge in [-0.2, -0.15) is 0 Å². The van der Waals surface area contributed by atoms with Crippen molar-refractivity contribution in [1.82, 2.24) is 14.8 Å². The van der Waals surface area contributed by atoms with Gasteiger partial charge in [0.05, 0.1) is 6.61 Å². The van der Waals surface area contributed by atoms with Gasteiger partial charge in [0.1, 0.15) is 19.2 Å². The lowest BCUT2D eigenvalue weighted by molar-refractivity contribution is 0.112. The molecule has 2 aromatic rings. The van der Waals surface area contributed by atoms with E-state index in [4.69, 9.17) is 9.47 Å². The Morgan fingerprint density at radius 3 is 2.79 bits per heavy atom. The number of benzene rings is 1. The zero-order chi connectivity index (χ0) is 13.7. The maximum atomic E-state index is 10.7. The molecule has 6 nitrogen and oxygen atoms in total. The van der Waals surface area contributed by atoms with E-state index in [0.717, 1.165) is 6.29 Å². The molecule has 1 aromatic carbocycles. The number of ether oxygens (including phenoxy) is 2. The number of hydrogen-bond acceptors (Lipinski definition) is 5. The van der Waals surface area contributed by atoms with Crippen molar-refractivity contribution in [3.05, 3.63) is 35.9 Å². The van der Waals surface area contributed by atoms with Crippen molar-refractivity contribution in [1.29, 1.82) is 0 Å². The molecule has 0 saturated carbocycles. The zero-order valence-electron chi connectivity index (χ0n) is 10.9. The van der Waals surface area contributed by atoms with Crippen LogP contribution in [0, 0.1) is 0 Å². The van der Waals surface area contributed by atoms with Gasteiger partial charge >= 0.3 is 0 Å². The lowest BCUT2D eigenvalue weighted by Gasteiger charge is -2.11. The SMILES string of the molecule is CCOc1cc(C=O)ccc1OCc1nncn1C. The van der Waals surface area contributed by atoms with Crippen LogP contribution in [0.2, 0.25) is 0 Å². The molecule has 19 heavy (non-hydrogen) atoms. The van der Waals surface area contributed by atoms with E-state index in [9.17, 15) is 4.79 Å². The van der Waals surface area contributed by atoms with E-state index in [2.05, 4.69) is 10.2 Å². The van der Waals surface area contributed by atoms with Gasteiger partial charge in [-0.05, 0) is 25.1 Å². The molecule has 0 aliphatic carbocycles. The molecule has 0 unspecified atom stereocenters. The second-order valence-electron chi connectivity index (χ2n) is 3.90. The second kappa shape index (κ2) is 5.99. The van der Waals surface area contributed by atoms with Gasteiger partial charge in [0.2, 0.25) is 0 Å². The molecule has 0 aliphatic rings. The average Bonchev–Trinajstić information content (AvgIpc) is 2.83. The molecule has 2 rings (SSSR count). The van der Waals surface area contributed by atoms with Crippen molar-refractivity contribution < 1.29 is 14.3 Å². The van der Waals surface area contributed by atoms with Crippen molar-refractivity contribution in [2.45, 2.75) is 13.5 Å². The highest BCUT2D eigenvalue weighted by Crippen LogP contribution is 2.28. The molecule has 0 atom stereocenters. The number of nitrogens with zero attached hydrogens (tertiary/aromatic N) is 3. The Morgan fingerprint density at radius 2 is 2.16 bits per heavy atom. The molecule has 6 heteroatoms. The normalized spacial score (nSPS) is 10.2. The summed E-state index contributed by atoms with van der Waals surface area (Å²) in [6.07, 6.45) is 2.38. The molecular weight excluding hydrogens is 246 g/mol. The summed E-state index contributed by atoms with van der Waals surface area (Å²) in [6.45, 7) is 2.67. The first-order valence-electron chi connectivity index (χ1n) is 5.92. The van der Waals surface area contributed by atoms with Crippen molar-refractivity contribution >= 4 is 6.29 Å². The van der Waals surface area contributed by atoms with E-state index in [1.54, 1.807) is 29.1 Å². The minimum Gasteiger partial charge on any atom is -0.490 e. The second-order valence-corrected chi connectivity index (χ2v) is 3.90. The maximum absolute atomic E-state index is 10.7. The Bertz CT molecular complexity index is 566. The highest BCUT2D eigenvalue weighted by molar-refractivity contribution is 5.76. The zero-order valence-corrected chi connectivity index (χ0v) is 10.9. The van der Waals surface area contributed by atoms with Gasteiger partial charge in [-0.25, -0.2) is 0 Å². The van der Waals surface area contributed by atoms with Crippen LogP contribution in [0.4, 0.5) is 0 Å². The Kier molecular flexibility index (Phi) is 4.12. The van der Waals surface area contributed by atoms with E-state index in [1.807, 2.05) is 14.0 Å². The molecular formula is C13H15N3O3. The molecule has 0 radical (unpaired) electrons. The summed E-state index contributed by atoms with van der Waals surface area (Å²) in [5, 5.41) is 7.71. The Labute approximate surface area is 111 Å². The first-order chi connectivity index (χ1) is 9.24. The standard InChI is InChI=1S/C13H15N3O3/c1-3-18-12-6-10(7-17)4-5-11(12)19-8-13-15-14-9-16(13)2/h4-7,9H,3,8H2,1-2H3. The Hall–Kier alpha value is -2.37. The van der Waals surface area contributed by atoms with Crippen LogP contribution < -0.4 is 9.47 Å². The third-order valence-corrected chi connectivity index (χ3v) is 2.57. The predicted molar refractivity (Wildman–Crippen MR) is 68.3 cm³/mol. The van der Waals surface area contributed by atoms with Crippen LogP contribution in [-0.4, -0.2) is 27.7 Å². The lowest BCUT2D eigenvalue weighted by Crippen LogP contribution is -2.04. The largest absolute Gasteiger partial charge is 0.490 e. The first kappa shape index (κ1) is 13.1. The topological polar surface area (TPSA) is 66.2 Å². The van der Waals surface area contributed by atoms with E-state index < -0.39 is 0 Å². The molecule has 0 aliphatic heterocycles. The van der Waals surface area contributed by atoms with Gasteiger partial charge < -0.3 is 14.0 Å². The van der Waals surface area contributed by atoms with Crippen molar-refractivity contribution in [2.75, 3.05) is 6.61 Å². The van der Waals surface area contributed by atoms with E-state index in [0.29, 0.717) is 29.5 Å². The smallest absolute Gasteiger partial charge is 0.170 e. The molecule has 0 N–H and O–H groups in total. The lowest BCUT2D eigenvalue weighted by atomic mass is 10.2. The van der Waals surface area contributed by atoms with Crippen LogP contribution in [-0.2, 0) is 13.7 Å². The highest BCUT2D eigenvalue weighted by Gasteiger charge is 2.08. The Balaban J connectivity index is 2.14. The molecule has 1 heterocycles. The summed E-state index contributed by atoms with van der Waals surface area (Å²) in [6, 6.07) is 5.05. The number of aldehydes is 1. The van der Waals surface area contributed by atoms with Crippen LogP contribution in [0.1, 0.15) is 23.1 Å². The third-order valence-electron chi connectivity index (χ3n) is 2.57. The highest BCUT2D eigenvalue weighted by atomic mass is 16.5. The summed E-state index contributed by atoms with van der Waals surface area (Å²) in [5.74, 6) is 1.84. The van der Waals surface area contributed by atoms with Crippen molar-refractivity contribution in [3.8, 4) is 11.5 Å². The fourth-order valence-corrected chi connectivity index (χ4v) is 1.57. The van der Waals surface area contributed by atoms with Crippen molar-refractivity contribution in [3.63, 3.8) is 0 Å². The minimum atomic E-state index is 0.289. The fraction of sp³-hybridized carbons (Fsp3) is 0.308. The molecule has 0 spiro atoms. The molecule has 0 saturated heterocycles. The van der Waals surface area contributed by atoms with Crippen LogP contribution >= 0.6 is 0 Å². The third kappa shape index (κ3) is 3.09. The number of rotatable bonds is 6. The van der Waals surface area contributed by atoms with Gasteiger partial charge in [-0.1, -0.05) is 0 Å². The van der Waals surface area contributed by atoms with Crippen LogP contribution in [0.5, 0.6) is 11.5 Å². The van der Waals surface area contributed by atoms with Gasteiger partial charge in [0.15, 0.2) is 17.3 Å². The van der Waals surface area contributed by atoms with Crippen molar-refractivity contribution in [2.24, 2.45) is 7.05 Å². The summed E-state index contributed by atoms with van der Waals surface area (Å²) in [5.41, 5.74) is 0.550. The van der Waals surface area contributed by atoms with E-state index in [-0.39, 0.29) is 6.61 Å². The summed E-state index contributed by atoms with van der Waals surface area (Å²) in [4.78, 5) is 10.7. The maximum Gasteiger partial charge on any atom is 0.170 e. The molecule has 0 bridgehead atoms. The molecule has 100 valence electrons. The molecule has 1 aromatic heterocycles. The number of aryl methyl sites for hydroxylation is 1.